The van der Waals surface area contributed by atoms with Crippen molar-refractivity contribution in [2.75, 3.05) is 0 Å². The minimum absolute atomic E-state index is 0.179. The Morgan fingerprint density at radius 3 is 2.94 bits per heavy atom. The summed E-state index contributed by atoms with van der Waals surface area (Å²) in [5.74, 6) is 6.38. The largest absolute Gasteiger partial charge is 0.271 e. The standard InChI is InChI=1S/C14H17FN2S/c15-11-4-6-13-10(7-11)8-14(18-13)12(17-16)5-3-9-1-2-9/h4,6-9,12,17H,1-3,5,16H2. The van der Waals surface area contributed by atoms with Gasteiger partial charge in [-0.05, 0) is 48.4 Å². The second-order valence-electron chi connectivity index (χ2n) is 5.07. The first kappa shape index (κ1) is 12.1. The lowest BCUT2D eigenvalue weighted by Gasteiger charge is -2.13. The van der Waals surface area contributed by atoms with Crippen LogP contribution in [-0.4, -0.2) is 0 Å². The number of nitrogens with one attached hydrogen (secondary N) is 1. The molecule has 1 atom stereocenters. The molecular weight excluding hydrogens is 247 g/mol. The molecule has 2 aromatic rings. The van der Waals surface area contributed by atoms with Crippen molar-refractivity contribution >= 4 is 21.4 Å². The molecule has 3 N–H and O–H groups in total. The molecule has 1 heterocycles. The smallest absolute Gasteiger partial charge is 0.123 e. The highest BCUT2D eigenvalue weighted by Gasteiger charge is 2.23. The van der Waals surface area contributed by atoms with Crippen LogP contribution in [0, 0.1) is 11.7 Å². The zero-order valence-corrected chi connectivity index (χ0v) is 11.0. The van der Waals surface area contributed by atoms with E-state index in [9.17, 15) is 4.39 Å². The predicted molar refractivity (Wildman–Crippen MR) is 73.8 cm³/mol. The van der Waals surface area contributed by atoms with Crippen molar-refractivity contribution in [2.45, 2.75) is 31.7 Å². The Morgan fingerprint density at radius 1 is 1.39 bits per heavy atom. The minimum Gasteiger partial charge on any atom is -0.271 e. The van der Waals surface area contributed by atoms with Crippen molar-refractivity contribution in [1.82, 2.24) is 5.43 Å². The fourth-order valence-electron chi connectivity index (χ4n) is 2.32. The van der Waals surface area contributed by atoms with Crippen LogP contribution in [-0.2, 0) is 0 Å². The Hall–Kier alpha value is -0.970. The van der Waals surface area contributed by atoms with Crippen LogP contribution in [0.2, 0.25) is 0 Å². The van der Waals surface area contributed by atoms with Crippen LogP contribution in [0.1, 0.15) is 36.6 Å². The summed E-state index contributed by atoms with van der Waals surface area (Å²) in [6.07, 6.45) is 5.04. The van der Waals surface area contributed by atoms with Crippen molar-refractivity contribution < 1.29 is 4.39 Å². The van der Waals surface area contributed by atoms with Gasteiger partial charge in [-0.15, -0.1) is 11.3 Å². The van der Waals surface area contributed by atoms with Gasteiger partial charge in [-0.25, -0.2) is 4.39 Å². The van der Waals surface area contributed by atoms with E-state index < -0.39 is 0 Å². The van der Waals surface area contributed by atoms with Crippen molar-refractivity contribution in [3.63, 3.8) is 0 Å². The van der Waals surface area contributed by atoms with Crippen molar-refractivity contribution in [1.29, 1.82) is 0 Å². The van der Waals surface area contributed by atoms with E-state index in [0.29, 0.717) is 0 Å². The Kier molecular flexibility index (Phi) is 3.33. The van der Waals surface area contributed by atoms with Crippen molar-refractivity contribution in [3.8, 4) is 0 Å². The third-order valence-corrected chi connectivity index (χ3v) is 4.83. The highest BCUT2D eigenvalue weighted by molar-refractivity contribution is 7.19. The zero-order chi connectivity index (χ0) is 12.5. The first-order chi connectivity index (χ1) is 8.76. The van der Waals surface area contributed by atoms with Gasteiger partial charge in [0.2, 0.25) is 0 Å². The fraction of sp³-hybridized carbons (Fsp3) is 0.429. The van der Waals surface area contributed by atoms with Gasteiger partial charge in [-0.1, -0.05) is 12.8 Å². The van der Waals surface area contributed by atoms with E-state index in [1.54, 1.807) is 17.4 Å². The quantitative estimate of drug-likeness (QED) is 0.638. The molecule has 0 saturated heterocycles. The summed E-state index contributed by atoms with van der Waals surface area (Å²) in [7, 11) is 0. The van der Waals surface area contributed by atoms with Crippen LogP contribution >= 0.6 is 11.3 Å². The van der Waals surface area contributed by atoms with Crippen LogP contribution < -0.4 is 11.3 Å². The highest BCUT2D eigenvalue weighted by atomic mass is 32.1. The summed E-state index contributed by atoms with van der Waals surface area (Å²) in [5.41, 5.74) is 2.89. The van der Waals surface area contributed by atoms with Gasteiger partial charge in [0.25, 0.3) is 0 Å². The predicted octanol–water partition coefficient (Wildman–Crippen LogP) is 3.74. The molecule has 0 spiro atoms. The lowest BCUT2D eigenvalue weighted by molar-refractivity contribution is 0.488. The number of rotatable bonds is 5. The monoisotopic (exact) mass is 264 g/mol. The van der Waals surface area contributed by atoms with E-state index in [1.165, 1.54) is 30.2 Å². The molecule has 0 aliphatic heterocycles. The number of hydrazine groups is 1. The maximum atomic E-state index is 13.2. The highest BCUT2D eigenvalue weighted by Crippen LogP contribution is 2.38. The van der Waals surface area contributed by atoms with Gasteiger partial charge < -0.3 is 0 Å². The number of nitrogens with two attached hydrogens (primary N) is 1. The molecule has 1 aromatic carbocycles. The molecule has 1 aliphatic rings. The molecule has 0 radical (unpaired) electrons. The third-order valence-electron chi connectivity index (χ3n) is 3.60. The summed E-state index contributed by atoms with van der Waals surface area (Å²) < 4.78 is 14.3. The Bertz CT molecular complexity index is 548. The van der Waals surface area contributed by atoms with Crippen LogP contribution in [0.3, 0.4) is 0 Å². The number of hydrogen-bond donors (Lipinski definition) is 2. The maximum Gasteiger partial charge on any atom is 0.123 e. The van der Waals surface area contributed by atoms with Crippen molar-refractivity contribution in [3.05, 3.63) is 35.0 Å². The average molecular weight is 264 g/mol. The maximum absolute atomic E-state index is 13.2. The molecule has 96 valence electrons. The lowest BCUT2D eigenvalue weighted by atomic mass is 10.1. The van der Waals surface area contributed by atoms with Gasteiger partial charge in [0.05, 0.1) is 6.04 Å². The summed E-state index contributed by atoms with van der Waals surface area (Å²) in [6, 6.07) is 7.20. The molecule has 1 aliphatic carbocycles. The Morgan fingerprint density at radius 2 is 2.22 bits per heavy atom. The molecule has 0 bridgehead atoms. The summed E-state index contributed by atoms with van der Waals surface area (Å²) in [4.78, 5) is 1.21. The van der Waals surface area contributed by atoms with Gasteiger partial charge in [-0.2, -0.15) is 0 Å². The van der Waals surface area contributed by atoms with Gasteiger partial charge in [0, 0.05) is 9.58 Å². The molecule has 18 heavy (non-hydrogen) atoms. The summed E-state index contributed by atoms with van der Waals surface area (Å²) in [6.45, 7) is 0. The second kappa shape index (κ2) is 4.96. The number of benzene rings is 1. The van der Waals surface area contributed by atoms with Crippen molar-refractivity contribution in [2.24, 2.45) is 11.8 Å². The molecule has 1 saturated carbocycles. The molecule has 3 rings (SSSR count). The Balaban J connectivity index is 1.81. The van der Waals surface area contributed by atoms with Gasteiger partial charge in [0.15, 0.2) is 0 Å². The first-order valence-corrected chi connectivity index (χ1v) is 7.23. The molecular formula is C14H17FN2S. The van der Waals surface area contributed by atoms with Crippen LogP contribution in [0.5, 0.6) is 0 Å². The van der Waals surface area contributed by atoms with E-state index in [4.69, 9.17) is 5.84 Å². The summed E-state index contributed by atoms with van der Waals surface area (Å²) >= 11 is 1.70. The fourth-order valence-corrected chi connectivity index (χ4v) is 3.46. The number of fused-ring (bicyclic) bond motifs is 1. The van der Waals surface area contributed by atoms with Crippen LogP contribution in [0.15, 0.2) is 24.3 Å². The van der Waals surface area contributed by atoms with E-state index in [2.05, 4.69) is 11.5 Å². The van der Waals surface area contributed by atoms with Gasteiger partial charge in [-0.3, -0.25) is 11.3 Å². The molecule has 2 nitrogen and oxygen atoms in total. The number of halogens is 1. The third kappa shape index (κ3) is 2.55. The minimum atomic E-state index is -0.179. The first-order valence-electron chi connectivity index (χ1n) is 6.41. The van der Waals surface area contributed by atoms with Gasteiger partial charge in [0.1, 0.15) is 5.82 Å². The van der Waals surface area contributed by atoms with Gasteiger partial charge >= 0.3 is 0 Å². The molecule has 1 unspecified atom stereocenters. The second-order valence-corrected chi connectivity index (χ2v) is 6.19. The number of thiophene rings is 1. The van der Waals surface area contributed by atoms with Crippen LogP contribution in [0.25, 0.3) is 10.1 Å². The Labute approximate surface area is 110 Å². The average Bonchev–Trinajstić information content (AvgIpc) is 3.09. The van der Waals surface area contributed by atoms with Crippen LogP contribution in [0.4, 0.5) is 4.39 Å². The number of hydrogen-bond acceptors (Lipinski definition) is 3. The molecule has 0 amide bonds. The topological polar surface area (TPSA) is 38.0 Å². The molecule has 1 aromatic heterocycles. The zero-order valence-electron chi connectivity index (χ0n) is 10.2. The normalized spacial score (nSPS) is 17.2. The molecule has 4 heteroatoms. The van der Waals surface area contributed by atoms with E-state index in [-0.39, 0.29) is 11.9 Å². The van der Waals surface area contributed by atoms with E-state index in [0.717, 1.165) is 22.4 Å². The van der Waals surface area contributed by atoms with E-state index >= 15 is 0 Å². The van der Waals surface area contributed by atoms with E-state index in [1.807, 2.05) is 6.07 Å². The lowest BCUT2D eigenvalue weighted by Crippen LogP contribution is -2.27. The SMILES string of the molecule is NNC(CCC1CC1)c1cc2cc(F)ccc2s1. The molecule has 1 fully saturated rings. The summed E-state index contributed by atoms with van der Waals surface area (Å²) in [5, 5.41) is 0.974.